The summed E-state index contributed by atoms with van der Waals surface area (Å²) in [5, 5.41) is 5.33. The molecule has 4 rings (SSSR count). The van der Waals surface area contributed by atoms with E-state index in [9.17, 15) is 4.79 Å². The van der Waals surface area contributed by atoms with Gasteiger partial charge in [-0.2, -0.15) is 5.10 Å². The Balaban J connectivity index is 1.68. The van der Waals surface area contributed by atoms with Crippen molar-refractivity contribution in [2.24, 2.45) is 7.05 Å². The van der Waals surface area contributed by atoms with Crippen LogP contribution >= 0.6 is 0 Å². The van der Waals surface area contributed by atoms with Crippen molar-refractivity contribution in [3.8, 4) is 0 Å². The standard InChI is InChI=1S/C17H24N6O/c1-3-15(24)22-8-4-6-13(22)14-7-5-9-23(14)17-12-10-20-21(2)16(12)18-11-19-17/h10-11,13-14H,3-9H2,1-2H3. The van der Waals surface area contributed by atoms with E-state index in [1.54, 1.807) is 11.0 Å². The van der Waals surface area contributed by atoms with Crippen LogP contribution in [0.25, 0.3) is 11.0 Å². The molecule has 2 aromatic rings. The summed E-state index contributed by atoms with van der Waals surface area (Å²) in [6.45, 7) is 3.83. The number of rotatable bonds is 3. The van der Waals surface area contributed by atoms with E-state index in [2.05, 4.69) is 24.9 Å². The first-order chi connectivity index (χ1) is 11.7. The second-order valence-electron chi connectivity index (χ2n) is 6.76. The number of anilines is 1. The van der Waals surface area contributed by atoms with Gasteiger partial charge in [0.1, 0.15) is 12.1 Å². The summed E-state index contributed by atoms with van der Waals surface area (Å²) >= 11 is 0. The fraction of sp³-hybridized carbons (Fsp3) is 0.647. The third-order valence-corrected chi connectivity index (χ3v) is 5.45. The number of amides is 1. The van der Waals surface area contributed by atoms with Gasteiger partial charge < -0.3 is 9.80 Å². The molecule has 1 amide bonds. The van der Waals surface area contributed by atoms with Crippen LogP contribution < -0.4 is 4.90 Å². The monoisotopic (exact) mass is 328 g/mol. The zero-order chi connectivity index (χ0) is 16.7. The highest BCUT2D eigenvalue weighted by atomic mass is 16.2. The van der Waals surface area contributed by atoms with Crippen LogP contribution in [-0.4, -0.2) is 55.7 Å². The van der Waals surface area contributed by atoms with Gasteiger partial charge in [-0.05, 0) is 25.7 Å². The summed E-state index contributed by atoms with van der Waals surface area (Å²) in [4.78, 5) is 25.7. The summed E-state index contributed by atoms with van der Waals surface area (Å²) in [6, 6.07) is 0.656. The molecule has 0 saturated carbocycles. The average Bonchev–Trinajstić information content (AvgIpc) is 3.33. The van der Waals surface area contributed by atoms with Crippen molar-refractivity contribution in [2.45, 2.75) is 51.1 Å². The van der Waals surface area contributed by atoms with Crippen LogP contribution in [0, 0.1) is 0 Å². The molecule has 7 heteroatoms. The Bertz CT molecular complexity index is 757. The molecule has 0 spiro atoms. The quantitative estimate of drug-likeness (QED) is 0.858. The third kappa shape index (κ3) is 2.34. The summed E-state index contributed by atoms with van der Waals surface area (Å²) in [5.41, 5.74) is 0.860. The Labute approximate surface area is 141 Å². The van der Waals surface area contributed by atoms with Crippen molar-refractivity contribution in [3.63, 3.8) is 0 Å². The fourth-order valence-corrected chi connectivity index (χ4v) is 4.34. The lowest BCUT2D eigenvalue weighted by Crippen LogP contribution is -2.48. The Morgan fingerprint density at radius 3 is 2.83 bits per heavy atom. The largest absolute Gasteiger partial charge is 0.351 e. The number of nitrogens with zero attached hydrogens (tertiary/aromatic N) is 6. The van der Waals surface area contributed by atoms with E-state index in [1.807, 2.05) is 20.2 Å². The van der Waals surface area contributed by atoms with Crippen molar-refractivity contribution in [1.82, 2.24) is 24.6 Å². The molecule has 0 N–H and O–H groups in total. The van der Waals surface area contributed by atoms with E-state index in [0.29, 0.717) is 18.5 Å². The van der Waals surface area contributed by atoms with Gasteiger partial charge in [0.05, 0.1) is 23.7 Å². The number of aryl methyl sites for hydroxylation is 1. The van der Waals surface area contributed by atoms with Crippen molar-refractivity contribution in [3.05, 3.63) is 12.5 Å². The molecule has 2 aliphatic heterocycles. The number of hydrogen-bond acceptors (Lipinski definition) is 5. The number of carbonyl (C=O) groups excluding carboxylic acids is 1. The maximum atomic E-state index is 12.3. The predicted molar refractivity (Wildman–Crippen MR) is 91.7 cm³/mol. The average molecular weight is 328 g/mol. The number of carbonyl (C=O) groups is 1. The molecule has 2 aromatic heterocycles. The summed E-state index contributed by atoms with van der Waals surface area (Å²) in [6.07, 6.45) is 8.51. The second kappa shape index (κ2) is 6.03. The SMILES string of the molecule is CCC(=O)N1CCCC1C1CCCN1c1ncnc2c1cnn2C. The van der Waals surface area contributed by atoms with Crippen molar-refractivity contribution >= 4 is 22.8 Å². The molecular weight excluding hydrogens is 304 g/mol. The van der Waals surface area contributed by atoms with Gasteiger partial charge >= 0.3 is 0 Å². The van der Waals surface area contributed by atoms with Crippen LogP contribution in [0.3, 0.4) is 0 Å². The minimum Gasteiger partial charge on any atom is -0.351 e. The highest BCUT2D eigenvalue weighted by molar-refractivity contribution is 5.87. The summed E-state index contributed by atoms with van der Waals surface area (Å²) < 4.78 is 1.79. The van der Waals surface area contributed by atoms with Gasteiger partial charge in [-0.25, -0.2) is 9.97 Å². The molecule has 4 heterocycles. The highest BCUT2D eigenvalue weighted by Crippen LogP contribution is 2.35. The molecule has 2 saturated heterocycles. The van der Waals surface area contributed by atoms with E-state index in [-0.39, 0.29) is 5.91 Å². The van der Waals surface area contributed by atoms with E-state index in [1.165, 1.54) is 0 Å². The molecule has 24 heavy (non-hydrogen) atoms. The molecule has 0 radical (unpaired) electrons. The van der Waals surface area contributed by atoms with E-state index < -0.39 is 0 Å². The van der Waals surface area contributed by atoms with Crippen LogP contribution in [0.1, 0.15) is 39.0 Å². The molecule has 128 valence electrons. The topological polar surface area (TPSA) is 67.2 Å². The molecule has 0 aromatic carbocycles. The van der Waals surface area contributed by atoms with Gasteiger partial charge in [-0.15, -0.1) is 0 Å². The van der Waals surface area contributed by atoms with Crippen LogP contribution in [0.4, 0.5) is 5.82 Å². The van der Waals surface area contributed by atoms with Crippen LogP contribution in [0.2, 0.25) is 0 Å². The van der Waals surface area contributed by atoms with Crippen molar-refractivity contribution < 1.29 is 4.79 Å². The minimum absolute atomic E-state index is 0.276. The molecule has 2 fully saturated rings. The van der Waals surface area contributed by atoms with E-state index in [4.69, 9.17) is 0 Å². The number of hydrogen-bond donors (Lipinski definition) is 0. The first-order valence-electron chi connectivity index (χ1n) is 8.89. The van der Waals surface area contributed by atoms with Gasteiger partial charge in [0.2, 0.25) is 5.91 Å². The van der Waals surface area contributed by atoms with Gasteiger partial charge in [0, 0.05) is 26.6 Å². The lowest BCUT2D eigenvalue weighted by atomic mass is 10.0. The molecule has 2 aliphatic rings. The van der Waals surface area contributed by atoms with Crippen LogP contribution in [0.5, 0.6) is 0 Å². The van der Waals surface area contributed by atoms with Crippen molar-refractivity contribution in [2.75, 3.05) is 18.0 Å². The van der Waals surface area contributed by atoms with Gasteiger partial charge in [0.25, 0.3) is 0 Å². The molecule has 2 atom stereocenters. The molecular formula is C17H24N6O. The normalized spacial score (nSPS) is 24.2. The Morgan fingerprint density at radius 1 is 1.21 bits per heavy atom. The molecule has 0 bridgehead atoms. The third-order valence-electron chi connectivity index (χ3n) is 5.45. The smallest absolute Gasteiger partial charge is 0.222 e. The molecule has 0 aliphatic carbocycles. The lowest BCUT2D eigenvalue weighted by molar-refractivity contribution is -0.132. The zero-order valence-electron chi connectivity index (χ0n) is 14.4. The number of fused-ring (bicyclic) bond motifs is 1. The number of aromatic nitrogens is 4. The van der Waals surface area contributed by atoms with Gasteiger partial charge in [0.15, 0.2) is 5.65 Å². The maximum Gasteiger partial charge on any atom is 0.222 e. The fourth-order valence-electron chi connectivity index (χ4n) is 4.34. The first kappa shape index (κ1) is 15.4. The Hall–Kier alpha value is -2.18. The molecule has 2 unspecified atom stereocenters. The highest BCUT2D eigenvalue weighted by Gasteiger charge is 2.40. The molecule has 7 nitrogen and oxygen atoms in total. The second-order valence-corrected chi connectivity index (χ2v) is 6.76. The summed E-state index contributed by atoms with van der Waals surface area (Å²) in [7, 11) is 1.90. The van der Waals surface area contributed by atoms with Crippen LogP contribution in [0.15, 0.2) is 12.5 Å². The first-order valence-corrected chi connectivity index (χ1v) is 8.89. The van der Waals surface area contributed by atoms with E-state index >= 15 is 0 Å². The van der Waals surface area contributed by atoms with Crippen molar-refractivity contribution in [1.29, 1.82) is 0 Å². The van der Waals surface area contributed by atoms with E-state index in [0.717, 1.165) is 55.6 Å². The maximum absolute atomic E-state index is 12.3. The van der Waals surface area contributed by atoms with Gasteiger partial charge in [-0.3, -0.25) is 9.48 Å². The predicted octanol–water partition coefficient (Wildman–Crippen LogP) is 1.73. The van der Waals surface area contributed by atoms with Crippen LogP contribution in [-0.2, 0) is 11.8 Å². The lowest BCUT2D eigenvalue weighted by Gasteiger charge is -2.35. The van der Waals surface area contributed by atoms with Gasteiger partial charge in [-0.1, -0.05) is 6.92 Å². The summed E-state index contributed by atoms with van der Waals surface area (Å²) in [5.74, 6) is 1.24. The minimum atomic E-state index is 0.276. The Morgan fingerprint density at radius 2 is 2.00 bits per heavy atom. The zero-order valence-corrected chi connectivity index (χ0v) is 14.4. The Kier molecular flexibility index (Phi) is 3.86. The number of likely N-dealkylation sites (tertiary alicyclic amines) is 1.